The van der Waals surface area contributed by atoms with Crippen molar-refractivity contribution >= 4 is 11.3 Å². The molecule has 2 heterocycles. The van der Waals surface area contributed by atoms with E-state index in [1.807, 2.05) is 0 Å². The van der Waals surface area contributed by atoms with Crippen molar-refractivity contribution in [1.82, 2.24) is 15.2 Å². The van der Waals surface area contributed by atoms with Gasteiger partial charge in [0.25, 0.3) is 0 Å². The van der Waals surface area contributed by atoms with Gasteiger partial charge in [-0.05, 0) is 26.3 Å². The number of hydrogen-bond acceptors (Lipinski definition) is 4. The van der Waals surface area contributed by atoms with Crippen LogP contribution in [-0.4, -0.2) is 29.0 Å². The van der Waals surface area contributed by atoms with Crippen LogP contribution in [0.25, 0.3) is 0 Å². The van der Waals surface area contributed by atoms with Crippen LogP contribution in [0.2, 0.25) is 0 Å². The molecule has 3 atom stereocenters. The summed E-state index contributed by atoms with van der Waals surface area (Å²) in [6.07, 6.45) is 0. The fourth-order valence-electron chi connectivity index (χ4n) is 3.04. The molecule has 1 aliphatic heterocycles. The number of hydrogen-bond donors (Lipinski definition) is 1. The minimum absolute atomic E-state index is 0.381. The van der Waals surface area contributed by atoms with Gasteiger partial charge in [0.15, 0.2) is 0 Å². The summed E-state index contributed by atoms with van der Waals surface area (Å²) in [7, 11) is 0. The lowest BCUT2D eigenvalue weighted by atomic mass is 10.0. The number of aryl methyl sites for hydroxylation is 1. The molecule has 1 aliphatic rings. The minimum Gasteiger partial charge on any atom is -0.307 e. The second kappa shape index (κ2) is 6.26. The molecule has 112 valence electrons. The highest BCUT2D eigenvalue weighted by Crippen LogP contribution is 2.30. The summed E-state index contributed by atoms with van der Waals surface area (Å²) in [6, 6.07) is 12.1. The van der Waals surface area contributed by atoms with E-state index in [-0.39, 0.29) is 0 Å². The molecule has 2 aromatic rings. The summed E-state index contributed by atoms with van der Waals surface area (Å²) in [5.41, 5.74) is 2.50. The Morgan fingerprint density at radius 2 is 2.10 bits per heavy atom. The van der Waals surface area contributed by atoms with Gasteiger partial charge in [-0.25, -0.2) is 4.98 Å². The third-order valence-electron chi connectivity index (χ3n) is 4.31. The molecule has 21 heavy (non-hydrogen) atoms. The molecule has 1 N–H and O–H groups in total. The first-order chi connectivity index (χ1) is 10.1. The molecule has 1 saturated heterocycles. The Morgan fingerprint density at radius 3 is 2.76 bits per heavy atom. The smallest absolute Gasteiger partial charge is 0.110 e. The fraction of sp³-hybridized carbons (Fsp3) is 0.471. The number of rotatable bonds is 3. The van der Waals surface area contributed by atoms with Crippen LogP contribution in [0.4, 0.5) is 0 Å². The van der Waals surface area contributed by atoms with Crippen LogP contribution in [-0.2, 0) is 0 Å². The number of aromatic nitrogens is 1. The monoisotopic (exact) mass is 301 g/mol. The highest BCUT2D eigenvalue weighted by atomic mass is 32.1. The average molecular weight is 301 g/mol. The Labute approximate surface area is 131 Å². The van der Waals surface area contributed by atoms with Crippen molar-refractivity contribution in [2.75, 3.05) is 13.1 Å². The Hall–Kier alpha value is -1.23. The second-order valence-corrected chi connectivity index (χ2v) is 6.81. The highest BCUT2D eigenvalue weighted by molar-refractivity contribution is 7.09. The van der Waals surface area contributed by atoms with Crippen LogP contribution < -0.4 is 5.32 Å². The molecule has 0 bridgehead atoms. The molecule has 1 aromatic heterocycles. The van der Waals surface area contributed by atoms with Crippen molar-refractivity contribution in [2.45, 2.75) is 38.9 Å². The first-order valence-electron chi connectivity index (χ1n) is 7.61. The third-order valence-corrected chi connectivity index (χ3v) is 5.45. The first-order valence-corrected chi connectivity index (χ1v) is 8.49. The summed E-state index contributed by atoms with van der Waals surface area (Å²) in [5, 5.41) is 7.04. The van der Waals surface area contributed by atoms with Gasteiger partial charge in [0.05, 0.1) is 6.04 Å². The molecule has 0 radical (unpaired) electrons. The molecule has 1 fully saturated rings. The van der Waals surface area contributed by atoms with Gasteiger partial charge in [-0.1, -0.05) is 30.3 Å². The van der Waals surface area contributed by atoms with E-state index in [2.05, 4.69) is 71.7 Å². The fourth-order valence-corrected chi connectivity index (χ4v) is 3.91. The van der Waals surface area contributed by atoms with Crippen molar-refractivity contribution in [1.29, 1.82) is 0 Å². The molecule has 0 saturated carbocycles. The van der Waals surface area contributed by atoms with E-state index in [1.54, 1.807) is 11.3 Å². The van der Waals surface area contributed by atoms with Gasteiger partial charge >= 0.3 is 0 Å². The van der Waals surface area contributed by atoms with Crippen molar-refractivity contribution in [3.8, 4) is 0 Å². The van der Waals surface area contributed by atoms with Crippen LogP contribution in [0.1, 0.15) is 42.2 Å². The molecular weight excluding hydrogens is 278 g/mol. The Balaban J connectivity index is 1.77. The van der Waals surface area contributed by atoms with Crippen LogP contribution >= 0.6 is 11.3 Å². The molecule has 3 unspecified atom stereocenters. The van der Waals surface area contributed by atoms with Crippen molar-refractivity contribution in [3.63, 3.8) is 0 Å². The normalized spacial score (nSPS) is 24.9. The average Bonchev–Trinajstić information content (AvgIpc) is 2.94. The lowest BCUT2D eigenvalue weighted by Gasteiger charge is -2.41. The highest BCUT2D eigenvalue weighted by Gasteiger charge is 2.30. The number of nitrogens with one attached hydrogen (secondary N) is 1. The molecule has 0 amide bonds. The van der Waals surface area contributed by atoms with Crippen LogP contribution in [0.5, 0.6) is 0 Å². The van der Waals surface area contributed by atoms with Gasteiger partial charge in [0, 0.05) is 36.2 Å². The lowest BCUT2D eigenvalue weighted by Crippen LogP contribution is -2.52. The summed E-state index contributed by atoms with van der Waals surface area (Å²) in [4.78, 5) is 7.25. The number of benzene rings is 1. The zero-order valence-corrected chi connectivity index (χ0v) is 13.7. The van der Waals surface area contributed by atoms with Gasteiger partial charge in [-0.3, -0.25) is 4.90 Å². The Morgan fingerprint density at radius 1 is 1.33 bits per heavy atom. The number of thiazole rings is 1. The topological polar surface area (TPSA) is 28.2 Å². The number of piperazine rings is 1. The van der Waals surface area contributed by atoms with Crippen LogP contribution in [0.3, 0.4) is 0 Å². The summed E-state index contributed by atoms with van der Waals surface area (Å²) >= 11 is 1.78. The van der Waals surface area contributed by atoms with Crippen molar-refractivity contribution in [3.05, 3.63) is 52.0 Å². The quantitative estimate of drug-likeness (QED) is 0.940. The molecule has 0 spiro atoms. The van der Waals surface area contributed by atoms with Gasteiger partial charge in [-0.2, -0.15) is 0 Å². The van der Waals surface area contributed by atoms with Crippen molar-refractivity contribution in [2.24, 2.45) is 0 Å². The Kier molecular flexibility index (Phi) is 4.38. The molecule has 1 aromatic carbocycles. The first kappa shape index (κ1) is 14.7. The largest absolute Gasteiger partial charge is 0.307 e. The van der Waals surface area contributed by atoms with Crippen LogP contribution in [0, 0.1) is 6.92 Å². The van der Waals surface area contributed by atoms with E-state index in [0.29, 0.717) is 18.1 Å². The van der Waals surface area contributed by atoms with E-state index >= 15 is 0 Å². The molecule has 0 aliphatic carbocycles. The zero-order chi connectivity index (χ0) is 14.8. The Bertz CT molecular complexity index is 581. The maximum atomic E-state index is 4.67. The van der Waals surface area contributed by atoms with Crippen LogP contribution in [0.15, 0.2) is 35.7 Å². The van der Waals surface area contributed by atoms with E-state index in [1.165, 1.54) is 10.6 Å². The predicted octanol–water partition coefficient (Wildman–Crippen LogP) is 3.55. The molecular formula is C17H23N3S. The third kappa shape index (κ3) is 3.18. The van der Waals surface area contributed by atoms with Crippen molar-refractivity contribution < 1.29 is 0 Å². The molecule has 3 rings (SSSR count). The van der Waals surface area contributed by atoms with E-state index in [9.17, 15) is 0 Å². The molecule has 4 heteroatoms. The minimum atomic E-state index is 0.381. The van der Waals surface area contributed by atoms with Gasteiger partial charge in [-0.15, -0.1) is 11.3 Å². The summed E-state index contributed by atoms with van der Waals surface area (Å²) in [6.45, 7) is 8.70. The van der Waals surface area contributed by atoms with E-state index in [4.69, 9.17) is 0 Å². The standard InChI is InChI=1S/C17H23N3S/c1-12-11-21-17(19-12)14(3)20-10-16(18-9-13(20)2)15-7-5-4-6-8-15/h4-8,11,13-14,16,18H,9-10H2,1-3H3. The summed E-state index contributed by atoms with van der Waals surface area (Å²) in [5.74, 6) is 0. The SMILES string of the molecule is Cc1csc(C(C)N2CC(c3ccccc3)NCC2C)n1. The zero-order valence-electron chi connectivity index (χ0n) is 12.9. The predicted molar refractivity (Wildman–Crippen MR) is 88.6 cm³/mol. The van der Waals surface area contributed by atoms with E-state index in [0.717, 1.165) is 18.8 Å². The van der Waals surface area contributed by atoms with Gasteiger partial charge < -0.3 is 5.32 Å². The number of nitrogens with zero attached hydrogens (tertiary/aromatic N) is 2. The van der Waals surface area contributed by atoms with E-state index < -0.39 is 0 Å². The lowest BCUT2D eigenvalue weighted by molar-refractivity contribution is 0.0985. The maximum Gasteiger partial charge on any atom is 0.110 e. The van der Waals surface area contributed by atoms with Gasteiger partial charge in [0.1, 0.15) is 5.01 Å². The molecule has 3 nitrogen and oxygen atoms in total. The van der Waals surface area contributed by atoms with Gasteiger partial charge in [0.2, 0.25) is 0 Å². The summed E-state index contributed by atoms with van der Waals surface area (Å²) < 4.78 is 0. The maximum absolute atomic E-state index is 4.67. The second-order valence-electron chi connectivity index (χ2n) is 5.92.